The fourth-order valence-corrected chi connectivity index (χ4v) is 6.28. The lowest BCUT2D eigenvalue weighted by Gasteiger charge is -2.47. The maximum Gasteiger partial charge on any atom is 0.337 e. The SMILES string of the molecule is COC(=O)[C@]1(c2ccccc2)N(Cc2ccccc2)c2ccccc2[C@@]1(C)c1cccs1. The van der Waals surface area contributed by atoms with Crippen molar-refractivity contribution >= 4 is 23.0 Å². The van der Waals surface area contributed by atoms with Crippen molar-refractivity contribution in [2.45, 2.75) is 24.4 Å². The molecule has 0 N–H and O–H groups in total. The molecule has 0 unspecified atom stereocenters. The molecule has 3 aromatic carbocycles. The Morgan fingerprint density at radius 2 is 1.53 bits per heavy atom. The number of anilines is 1. The van der Waals surface area contributed by atoms with Gasteiger partial charge in [-0.15, -0.1) is 11.3 Å². The zero-order valence-electron chi connectivity index (χ0n) is 18.2. The molecule has 1 aromatic heterocycles. The number of benzene rings is 3. The third-order valence-corrected chi connectivity index (χ3v) is 7.82. The summed E-state index contributed by atoms with van der Waals surface area (Å²) < 4.78 is 5.61. The number of methoxy groups -OCH3 is 1. The van der Waals surface area contributed by atoms with Gasteiger partial charge in [-0.05, 0) is 41.1 Å². The van der Waals surface area contributed by atoms with Gasteiger partial charge in [-0.3, -0.25) is 0 Å². The van der Waals surface area contributed by atoms with Crippen molar-refractivity contribution in [1.29, 1.82) is 0 Å². The highest BCUT2D eigenvalue weighted by Gasteiger charge is 2.66. The summed E-state index contributed by atoms with van der Waals surface area (Å²) in [6.45, 7) is 2.77. The number of thiophene rings is 1. The van der Waals surface area contributed by atoms with E-state index in [-0.39, 0.29) is 5.97 Å². The van der Waals surface area contributed by atoms with E-state index in [1.54, 1.807) is 11.3 Å². The Kier molecular flexibility index (Phi) is 5.10. The molecule has 0 bridgehead atoms. The van der Waals surface area contributed by atoms with E-state index < -0.39 is 11.0 Å². The van der Waals surface area contributed by atoms with Crippen molar-refractivity contribution in [3.8, 4) is 0 Å². The van der Waals surface area contributed by atoms with E-state index >= 15 is 0 Å². The zero-order chi connectivity index (χ0) is 22.2. The molecule has 0 fully saturated rings. The lowest BCUT2D eigenvalue weighted by molar-refractivity contribution is -0.149. The predicted molar refractivity (Wildman–Crippen MR) is 130 cm³/mol. The number of para-hydroxylation sites is 1. The molecule has 2 atom stereocenters. The van der Waals surface area contributed by atoms with E-state index in [2.05, 4.69) is 59.7 Å². The molecule has 0 spiro atoms. The lowest BCUT2D eigenvalue weighted by Crippen LogP contribution is -2.60. The minimum absolute atomic E-state index is 0.258. The normalized spacial score (nSPS) is 21.9. The number of esters is 1. The number of rotatable bonds is 5. The number of ether oxygens (including phenoxy) is 1. The molecule has 0 aliphatic carbocycles. The first-order chi connectivity index (χ1) is 15.6. The fourth-order valence-electron chi connectivity index (χ4n) is 5.32. The van der Waals surface area contributed by atoms with E-state index in [4.69, 9.17) is 4.74 Å². The first-order valence-corrected chi connectivity index (χ1v) is 11.6. The maximum absolute atomic E-state index is 14.1. The first-order valence-electron chi connectivity index (χ1n) is 10.7. The highest BCUT2D eigenvalue weighted by molar-refractivity contribution is 7.10. The Morgan fingerprint density at radius 3 is 2.19 bits per heavy atom. The van der Waals surface area contributed by atoms with Crippen LogP contribution in [0.5, 0.6) is 0 Å². The second-order valence-electron chi connectivity index (χ2n) is 8.26. The Balaban J connectivity index is 1.88. The number of carbonyl (C=O) groups is 1. The fraction of sp³-hybridized carbons (Fsp3) is 0.179. The molecule has 0 radical (unpaired) electrons. The van der Waals surface area contributed by atoms with Crippen LogP contribution in [0.1, 0.15) is 28.5 Å². The van der Waals surface area contributed by atoms with Crippen molar-refractivity contribution < 1.29 is 9.53 Å². The molecule has 3 nitrogen and oxygen atoms in total. The molecular weight excluding hydrogens is 414 g/mol. The van der Waals surface area contributed by atoms with Gasteiger partial charge in [0.15, 0.2) is 5.54 Å². The topological polar surface area (TPSA) is 29.5 Å². The Labute approximate surface area is 192 Å². The van der Waals surface area contributed by atoms with Crippen LogP contribution in [0.15, 0.2) is 102 Å². The summed E-state index contributed by atoms with van der Waals surface area (Å²) in [7, 11) is 1.49. The molecule has 32 heavy (non-hydrogen) atoms. The number of carbonyl (C=O) groups excluding carboxylic acids is 1. The third-order valence-electron chi connectivity index (χ3n) is 6.73. The van der Waals surface area contributed by atoms with Crippen LogP contribution in [0.3, 0.4) is 0 Å². The van der Waals surface area contributed by atoms with E-state index in [1.807, 2.05) is 54.6 Å². The van der Waals surface area contributed by atoms with Crippen molar-refractivity contribution in [1.82, 2.24) is 0 Å². The van der Waals surface area contributed by atoms with Crippen molar-refractivity contribution in [2.75, 3.05) is 12.0 Å². The smallest absolute Gasteiger partial charge is 0.337 e. The lowest BCUT2D eigenvalue weighted by atomic mass is 9.64. The standard InChI is InChI=1S/C28H25NO2S/c1-27(25-18-11-19-32-25)23-16-9-10-17-24(23)29(20-21-12-5-3-6-13-21)28(27,26(30)31-2)22-14-7-4-8-15-22/h3-19H,20H2,1-2H3/t27-,28-/m0/s1. The molecule has 0 saturated carbocycles. The van der Waals surface area contributed by atoms with Crippen LogP contribution in [0.2, 0.25) is 0 Å². The zero-order valence-corrected chi connectivity index (χ0v) is 19.0. The number of nitrogens with zero attached hydrogens (tertiary/aromatic N) is 1. The number of hydrogen-bond acceptors (Lipinski definition) is 4. The minimum Gasteiger partial charge on any atom is -0.467 e. The molecule has 4 aromatic rings. The summed E-state index contributed by atoms with van der Waals surface area (Å²) in [4.78, 5) is 17.4. The summed E-state index contributed by atoms with van der Waals surface area (Å²) in [5.74, 6) is -0.258. The average molecular weight is 440 g/mol. The van der Waals surface area contributed by atoms with E-state index in [1.165, 1.54) is 7.11 Å². The monoisotopic (exact) mass is 439 g/mol. The van der Waals surface area contributed by atoms with Gasteiger partial charge in [-0.2, -0.15) is 0 Å². The molecule has 160 valence electrons. The molecule has 5 rings (SSSR count). The van der Waals surface area contributed by atoms with Crippen LogP contribution in [0.25, 0.3) is 0 Å². The van der Waals surface area contributed by atoms with Gasteiger partial charge in [0, 0.05) is 17.1 Å². The van der Waals surface area contributed by atoms with Gasteiger partial charge in [0.1, 0.15) is 0 Å². The van der Waals surface area contributed by atoms with Crippen LogP contribution < -0.4 is 4.90 Å². The van der Waals surface area contributed by atoms with Crippen LogP contribution in [0, 0.1) is 0 Å². The van der Waals surface area contributed by atoms with E-state index in [9.17, 15) is 4.79 Å². The summed E-state index contributed by atoms with van der Waals surface area (Å²) in [6.07, 6.45) is 0. The molecule has 0 amide bonds. The summed E-state index contributed by atoms with van der Waals surface area (Å²) in [5.41, 5.74) is 2.56. The molecular formula is C28H25NO2S. The number of hydrogen-bond donors (Lipinski definition) is 0. The highest BCUT2D eigenvalue weighted by Crippen LogP contribution is 2.61. The van der Waals surface area contributed by atoms with Crippen LogP contribution in [-0.2, 0) is 27.0 Å². The third kappa shape index (κ3) is 2.76. The van der Waals surface area contributed by atoms with Crippen molar-refractivity contribution in [3.63, 3.8) is 0 Å². The van der Waals surface area contributed by atoms with Gasteiger partial charge < -0.3 is 9.64 Å². The van der Waals surface area contributed by atoms with Crippen LogP contribution >= 0.6 is 11.3 Å². The van der Waals surface area contributed by atoms with Gasteiger partial charge in [-0.1, -0.05) is 84.9 Å². The van der Waals surface area contributed by atoms with E-state index in [0.29, 0.717) is 6.54 Å². The quantitative estimate of drug-likeness (QED) is 0.350. The molecule has 0 saturated heterocycles. The average Bonchev–Trinajstić information content (AvgIpc) is 3.46. The summed E-state index contributed by atoms with van der Waals surface area (Å²) in [6, 6.07) is 33.0. The summed E-state index contributed by atoms with van der Waals surface area (Å²) >= 11 is 1.68. The van der Waals surface area contributed by atoms with Crippen LogP contribution in [0.4, 0.5) is 5.69 Å². The van der Waals surface area contributed by atoms with Crippen molar-refractivity contribution in [2.24, 2.45) is 0 Å². The highest BCUT2D eigenvalue weighted by atomic mass is 32.1. The molecule has 1 aliphatic heterocycles. The first kappa shape index (κ1) is 20.5. The Morgan fingerprint density at radius 1 is 0.875 bits per heavy atom. The Bertz CT molecular complexity index is 1220. The van der Waals surface area contributed by atoms with Gasteiger partial charge in [0.05, 0.1) is 12.5 Å². The Hall–Kier alpha value is -3.37. The second-order valence-corrected chi connectivity index (χ2v) is 9.21. The van der Waals surface area contributed by atoms with Gasteiger partial charge >= 0.3 is 5.97 Å². The van der Waals surface area contributed by atoms with Crippen molar-refractivity contribution in [3.05, 3.63) is 124 Å². The predicted octanol–water partition coefficient (Wildman–Crippen LogP) is 6.14. The second kappa shape index (κ2) is 7.95. The molecule has 1 aliphatic rings. The minimum atomic E-state index is -1.06. The van der Waals surface area contributed by atoms with Gasteiger partial charge in [0.25, 0.3) is 0 Å². The van der Waals surface area contributed by atoms with Gasteiger partial charge in [-0.25, -0.2) is 4.79 Å². The summed E-state index contributed by atoms with van der Waals surface area (Å²) in [5, 5.41) is 2.08. The molecule has 2 heterocycles. The van der Waals surface area contributed by atoms with Gasteiger partial charge in [0.2, 0.25) is 0 Å². The van der Waals surface area contributed by atoms with E-state index in [0.717, 1.165) is 27.3 Å². The number of fused-ring (bicyclic) bond motifs is 1. The largest absolute Gasteiger partial charge is 0.467 e. The molecule has 4 heteroatoms. The van der Waals surface area contributed by atoms with Crippen LogP contribution in [-0.4, -0.2) is 13.1 Å². The maximum atomic E-state index is 14.1.